The summed E-state index contributed by atoms with van der Waals surface area (Å²) in [7, 11) is 0. The molecule has 0 aliphatic carbocycles. The van der Waals surface area contributed by atoms with Crippen LogP contribution in [0.4, 0.5) is 5.69 Å². The summed E-state index contributed by atoms with van der Waals surface area (Å²) in [5, 5.41) is 0. The van der Waals surface area contributed by atoms with Crippen LogP contribution in [0.1, 0.15) is 30.9 Å². The van der Waals surface area contributed by atoms with Crippen molar-refractivity contribution in [3.05, 3.63) is 59.7 Å². The van der Waals surface area contributed by atoms with Crippen LogP contribution in [0.15, 0.2) is 48.5 Å². The third-order valence-corrected chi connectivity index (χ3v) is 4.30. The maximum absolute atomic E-state index is 12.5. The van der Waals surface area contributed by atoms with Gasteiger partial charge in [0.15, 0.2) is 0 Å². The van der Waals surface area contributed by atoms with E-state index < -0.39 is 0 Å². The Morgan fingerprint density at radius 3 is 2.70 bits per heavy atom. The molecule has 0 aromatic heterocycles. The molecule has 1 amide bonds. The van der Waals surface area contributed by atoms with Crippen molar-refractivity contribution in [1.82, 2.24) is 0 Å². The Balaban J connectivity index is 1.51. The largest absolute Gasteiger partial charge is 0.494 e. The normalized spacial score (nSPS) is 16.3. The van der Waals surface area contributed by atoms with Crippen molar-refractivity contribution in [1.29, 1.82) is 0 Å². The molecule has 2 aromatic carbocycles. The zero-order chi connectivity index (χ0) is 16.2. The van der Waals surface area contributed by atoms with E-state index in [0.29, 0.717) is 13.0 Å². The fourth-order valence-electron chi connectivity index (χ4n) is 3.11. The molecule has 1 aliphatic rings. The minimum Gasteiger partial charge on any atom is -0.494 e. The number of anilines is 1. The molecular formula is C20H23NO2. The molecule has 2 aromatic rings. The topological polar surface area (TPSA) is 29.5 Å². The highest BCUT2D eigenvalue weighted by Crippen LogP contribution is 2.32. The molecule has 0 spiro atoms. The molecule has 0 saturated heterocycles. The molecule has 0 radical (unpaired) electrons. The molecule has 0 saturated carbocycles. The number of rotatable bonds is 5. The second-order valence-electron chi connectivity index (χ2n) is 6.21. The van der Waals surface area contributed by atoms with Crippen molar-refractivity contribution < 1.29 is 9.53 Å². The summed E-state index contributed by atoms with van der Waals surface area (Å²) in [6.07, 6.45) is 2.20. The van der Waals surface area contributed by atoms with E-state index in [4.69, 9.17) is 4.74 Å². The van der Waals surface area contributed by atoms with Crippen molar-refractivity contribution in [2.75, 3.05) is 11.5 Å². The van der Waals surface area contributed by atoms with Gasteiger partial charge in [-0.1, -0.05) is 35.9 Å². The van der Waals surface area contributed by atoms with Gasteiger partial charge in [-0.05, 0) is 50.5 Å². The predicted octanol–water partition coefficient (Wildman–Crippen LogP) is 4.13. The maximum Gasteiger partial charge on any atom is 0.227 e. The van der Waals surface area contributed by atoms with Crippen LogP contribution in [0.5, 0.6) is 5.75 Å². The molecule has 0 bridgehead atoms. The minimum absolute atomic E-state index is 0.190. The highest BCUT2D eigenvalue weighted by atomic mass is 16.5. The first-order chi connectivity index (χ1) is 11.1. The average molecular weight is 309 g/mol. The summed E-state index contributed by atoms with van der Waals surface area (Å²) in [6.45, 7) is 4.73. The van der Waals surface area contributed by atoms with Gasteiger partial charge >= 0.3 is 0 Å². The monoisotopic (exact) mass is 309 g/mol. The fourth-order valence-corrected chi connectivity index (χ4v) is 3.11. The van der Waals surface area contributed by atoms with Crippen LogP contribution < -0.4 is 9.64 Å². The van der Waals surface area contributed by atoms with Crippen molar-refractivity contribution in [2.45, 2.75) is 39.2 Å². The lowest BCUT2D eigenvalue weighted by Crippen LogP contribution is -2.35. The van der Waals surface area contributed by atoms with Gasteiger partial charge in [0, 0.05) is 18.2 Å². The summed E-state index contributed by atoms with van der Waals surface area (Å²) in [6, 6.07) is 16.4. The van der Waals surface area contributed by atoms with Gasteiger partial charge in [0.2, 0.25) is 5.91 Å². The second kappa shape index (κ2) is 6.86. The average Bonchev–Trinajstić information content (AvgIpc) is 2.89. The molecule has 120 valence electrons. The molecule has 1 aliphatic heterocycles. The first-order valence-electron chi connectivity index (χ1n) is 8.24. The summed E-state index contributed by atoms with van der Waals surface area (Å²) in [4.78, 5) is 14.5. The minimum atomic E-state index is 0.190. The number of hydrogen-bond donors (Lipinski definition) is 0. The number of para-hydroxylation sites is 1. The number of benzene rings is 2. The quantitative estimate of drug-likeness (QED) is 0.777. The lowest BCUT2D eigenvalue weighted by Gasteiger charge is -2.22. The van der Waals surface area contributed by atoms with Gasteiger partial charge in [0.05, 0.1) is 6.61 Å². The number of fused-ring (bicyclic) bond motifs is 1. The highest BCUT2D eigenvalue weighted by molar-refractivity contribution is 5.96. The van der Waals surface area contributed by atoms with Gasteiger partial charge in [-0.25, -0.2) is 0 Å². The first-order valence-corrected chi connectivity index (χ1v) is 8.24. The first kappa shape index (κ1) is 15.6. The molecule has 0 N–H and O–H groups in total. The summed E-state index contributed by atoms with van der Waals surface area (Å²) in [5.74, 6) is 1.05. The van der Waals surface area contributed by atoms with E-state index in [1.807, 2.05) is 47.4 Å². The molecule has 1 atom stereocenters. The molecule has 1 heterocycles. The van der Waals surface area contributed by atoms with Crippen molar-refractivity contribution in [2.24, 2.45) is 0 Å². The van der Waals surface area contributed by atoms with Gasteiger partial charge in [0.25, 0.3) is 0 Å². The number of aryl methyl sites for hydroxylation is 1. The smallest absolute Gasteiger partial charge is 0.227 e. The van der Waals surface area contributed by atoms with Gasteiger partial charge in [-0.15, -0.1) is 0 Å². The van der Waals surface area contributed by atoms with Gasteiger partial charge in [-0.3, -0.25) is 4.79 Å². The van der Waals surface area contributed by atoms with E-state index in [2.05, 4.69) is 19.9 Å². The Bertz CT molecular complexity index is 678. The summed E-state index contributed by atoms with van der Waals surface area (Å²) >= 11 is 0. The number of carbonyl (C=O) groups excluding carboxylic acids is 1. The van der Waals surface area contributed by atoms with Crippen LogP contribution in [-0.2, 0) is 11.2 Å². The van der Waals surface area contributed by atoms with Crippen molar-refractivity contribution in [3.63, 3.8) is 0 Å². The third kappa shape index (κ3) is 3.55. The Morgan fingerprint density at radius 1 is 1.17 bits per heavy atom. The van der Waals surface area contributed by atoms with Crippen LogP contribution in [0.3, 0.4) is 0 Å². The number of carbonyl (C=O) groups is 1. The van der Waals surface area contributed by atoms with Gasteiger partial charge in [0.1, 0.15) is 5.75 Å². The van der Waals surface area contributed by atoms with E-state index in [1.165, 1.54) is 11.1 Å². The standard InChI is InChI=1S/C20H23NO2/c1-15-9-11-18(12-10-15)23-13-5-8-20(22)21-16(2)14-17-6-3-4-7-19(17)21/h3-4,6-7,9-12,16H,5,8,13-14H2,1-2H3. The third-order valence-electron chi connectivity index (χ3n) is 4.30. The Labute approximate surface area is 137 Å². The molecule has 23 heavy (non-hydrogen) atoms. The van der Waals surface area contributed by atoms with Gasteiger partial charge in [-0.2, -0.15) is 0 Å². The number of ether oxygens (including phenoxy) is 1. The van der Waals surface area contributed by atoms with Crippen LogP contribution in [0.25, 0.3) is 0 Å². The van der Waals surface area contributed by atoms with E-state index in [0.717, 1.165) is 24.3 Å². The highest BCUT2D eigenvalue weighted by Gasteiger charge is 2.29. The number of hydrogen-bond acceptors (Lipinski definition) is 2. The van der Waals surface area contributed by atoms with Crippen LogP contribution >= 0.6 is 0 Å². The van der Waals surface area contributed by atoms with Crippen LogP contribution in [-0.4, -0.2) is 18.6 Å². The lowest BCUT2D eigenvalue weighted by atomic mass is 10.1. The number of amides is 1. The molecule has 3 nitrogen and oxygen atoms in total. The summed E-state index contributed by atoms with van der Waals surface area (Å²) in [5.41, 5.74) is 3.56. The van der Waals surface area contributed by atoms with E-state index in [1.54, 1.807) is 0 Å². The SMILES string of the molecule is Cc1ccc(OCCCC(=O)N2c3ccccc3CC2C)cc1. The van der Waals surface area contributed by atoms with E-state index >= 15 is 0 Å². The number of nitrogens with zero attached hydrogens (tertiary/aromatic N) is 1. The van der Waals surface area contributed by atoms with Crippen molar-refractivity contribution in [3.8, 4) is 5.75 Å². The maximum atomic E-state index is 12.5. The molecule has 1 unspecified atom stereocenters. The second-order valence-corrected chi connectivity index (χ2v) is 6.21. The Kier molecular flexibility index (Phi) is 4.65. The Morgan fingerprint density at radius 2 is 1.91 bits per heavy atom. The van der Waals surface area contributed by atoms with E-state index in [-0.39, 0.29) is 11.9 Å². The van der Waals surface area contributed by atoms with E-state index in [9.17, 15) is 4.79 Å². The fraction of sp³-hybridized carbons (Fsp3) is 0.350. The Hall–Kier alpha value is -2.29. The van der Waals surface area contributed by atoms with Crippen molar-refractivity contribution >= 4 is 11.6 Å². The van der Waals surface area contributed by atoms with Crippen LogP contribution in [0, 0.1) is 6.92 Å². The summed E-state index contributed by atoms with van der Waals surface area (Å²) < 4.78 is 5.70. The molecule has 0 fully saturated rings. The predicted molar refractivity (Wildman–Crippen MR) is 93.0 cm³/mol. The molecule has 3 rings (SSSR count). The zero-order valence-corrected chi connectivity index (χ0v) is 13.8. The van der Waals surface area contributed by atoms with Gasteiger partial charge < -0.3 is 9.64 Å². The molecular weight excluding hydrogens is 286 g/mol. The zero-order valence-electron chi connectivity index (χ0n) is 13.8. The van der Waals surface area contributed by atoms with Crippen LogP contribution in [0.2, 0.25) is 0 Å². The lowest BCUT2D eigenvalue weighted by molar-refractivity contribution is -0.119. The molecule has 3 heteroatoms.